The summed E-state index contributed by atoms with van der Waals surface area (Å²) >= 11 is 5.10. The molecule has 2 aliphatic rings. The molecule has 6 unspecified atom stereocenters. The van der Waals surface area contributed by atoms with Crippen LogP contribution in [0.25, 0.3) is 0 Å². The average molecular weight is 500 g/mol. The van der Waals surface area contributed by atoms with Crippen molar-refractivity contribution in [2.75, 3.05) is 20.8 Å². The average Bonchev–Trinajstić information content (AvgIpc) is 3.44. The van der Waals surface area contributed by atoms with Gasteiger partial charge in [-0.05, 0) is 24.6 Å². The summed E-state index contributed by atoms with van der Waals surface area (Å²) < 4.78 is 40.7. The monoisotopic (exact) mass is 500 g/mol. The van der Waals surface area contributed by atoms with E-state index in [2.05, 4.69) is 4.98 Å². The molecule has 0 amide bonds. The van der Waals surface area contributed by atoms with Crippen molar-refractivity contribution in [3.8, 4) is 0 Å². The maximum atomic E-state index is 12.3. The molecule has 176 valence electrons. The zero-order chi connectivity index (χ0) is 23.0. The van der Waals surface area contributed by atoms with Gasteiger partial charge in [-0.2, -0.15) is 0 Å². The van der Waals surface area contributed by atoms with E-state index in [0.29, 0.717) is 12.8 Å². The molecule has 2 heterocycles. The van der Waals surface area contributed by atoms with Gasteiger partial charge in [-0.25, -0.2) is 4.79 Å². The van der Waals surface area contributed by atoms with Gasteiger partial charge in [-0.1, -0.05) is 6.92 Å². The van der Waals surface area contributed by atoms with E-state index in [1.54, 1.807) is 0 Å². The molecule has 1 aliphatic carbocycles. The first-order chi connectivity index (χ1) is 14.5. The van der Waals surface area contributed by atoms with Gasteiger partial charge in [0.05, 0.1) is 18.4 Å². The Balaban J connectivity index is 1.94. The number of hydrogen-bond acceptors (Lipinski definition) is 9. The summed E-state index contributed by atoms with van der Waals surface area (Å²) in [5.41, 5.74) is -2.02. The van der Waals surface area contributed by atoms with Crippen LogP contribution in [-0.2, 0) is 39.4 Å². The summed E-state index contributed by atoms with van der Waals surface area (Å²) in [7, 11) is -1.37. The number of hydrogen-bond donors (Lipinski definition) is 3. The number of aromatic nitrogens is 2. The lowest BCUT2D eigenvalue weighted by Crippen LogP contribution is -2.39. The van der Waals surface area contributed by atoms with E-state index < -0.39 is 61.7 Å². The van der Waals surface area contributed by atoms with Gasteiger partial charge >= 0.3 is 20.0 Å². The summed E-state index contributed by atoms with van der Waals surface area (Å²) in [5, 5.41) is 0. The Morgan fingerprint density at radius 3 is 2.61 bits per heavy atom. The Kier molecular flexibility index (Phi) is 7.75. The molecule has 1 saturated carbocycles. The first-order valence-corrected chi connectivity index (χ1v) is 13.8. The minimum atomic E-state index is -3.88. The third-order valence-corrected chi connectivity index (χ3v) is 8.79. The Bertz CT molecular complexity index is 999. The molecule has 1 aliphatic heterocycles. The fourth-order valence-corrected chi connectivity index (χ4v) is 6.66. The number of nitrogens with one attached hydrogen (secondary N) is 1. The number of rotatable bonds is 10. The molecular formula is C16H26N2O10P2S. The van der Waals surface area contributed by atoms with E-state index in [1.165, 1.54) is 13.3 Å². The molecule has 1 aromatic rings. The smallest absolute Gasteiger partial charge is 0.331 e. The molecule has 0 radical (unpaired) electrons. The topological polar surface area (TPSA) is 159 Å². The van der Waals surface area contributed by atoms with Gasteiger partial charge in [0.25, 0.3) is 5.56 Å². The fourth-order valence-electron chi connectivity index (χ4n) is 3.69. The molecule has 0 bridgehead atoms. The molecule has 15 heteroatoms. The Labute approximate surface area is 183 Å². The molecular weight excluding hydrogens is 474 g/mol. The van der Waals surface area contributed by atoms with Crippen molar-refractivity contribution in [2.24, 2.45) is 5.92 Å². The van der Waals surface area contributed by atoms with E-state index in [0.717, 1.165) is 17.7 Å². The van der Waals surface area contributed by atoms with Crippen LogP contribution in [-0.4, -0.2) is 64.1 Å². The zero-order valence-corrected chi connectivity index (χ0v) is 19.8. The number of nitrogens with zero attached hydrogens (tertiary/aromatic N) is 1. The van der Waals surface area contributed by atoms with Crippen molar-refractivity contribution >= 4 is 26.1 Å². The second-order valence-electron chi connectivity index (χ2n) is 7.29. The van der Waals surface area contributed by atoms with Crippen molar-refractivity contribution in [1.29, 1.82) is 0 Å². The van der Waals surface area contributed by atoms with Gasteiger partial charge in [0.1, 0.15) is 12.2 Å². The predicted molar refractivity (Wildman–Crippen MR) is 112 cm³/mol. The second-order valence-corrected chi connectivity index (χ2v) is 12.2. The van der Waals surface area contributed by atoms with Crippen LogP contribution < -0.4 is 11.2 Å². The molecule has 2 fully saturated rings. The van der Waals surface area contributed by atoms with Crippen LogP contribution in [0.1, 0.15) is 26.0 Å². The molecule has 3 N–H and O–H groups in total. The van der Waals surface area contributed by atoms with Crippen LogP contribution in [0.2, 0.25) is 0 Å². The van der Waals surface area contributed by atoms with Crippen LogP contribution in [0.4, 0.5) is 0 Å². The molecule has 12 nitrogen and oxygen atoms in total. The highest BCUT2D eigenvalue weighted by atomic mass is 32.5. The lowest BCUT2D eigenvalue weighted by atomic mass is 10.1. The molecule has 31 heavy (non-hydrogen) atoms. The lowest BCUT2D eigenvalue weighted by molar-refractivity contribution is -0.0571. The number of methoxy groups -OCH3 is 1. The molecule has 3 rings (SSSR count). The molecule has 0 aromatic carbocycles. The highest BCUT2D eigenvalue weighted by Gasteiger charge is 2.62. The maximum absolute atomic E-state index is 12.3. The molecule has 8 atom stereocenters. The number of ether oxygens (including phenoxy) is 2. The van der Waals surface area contributed by atoms with E-state index in [1.807, 2.05) is 6.92 Å². The van der Waals surface area contributed by atoms with Crippen LogP contribution in [0.15, 0.2) is 21.9 Å². The Morgan fingerprint density at radius 2 is 2.03 bits per heavy atom. The van der Waals surface area contributed by atoms with E-state index in [9.17, 15) is 23.9 Å². The van der Waals surface area contributed by atoms with Crippen LogP contribution in [0.3, 0.4) is 0 Å². The second kappa shape index (κ2) is 9.64. The van der Waals surface area contributed by atoms with E-state index in [-0.39, 0.29) is 6.61 Å². The van der Waals surface area contributed by atoms with Crippen LogP contribution >= 0.6 is 14.3 Å². The summed E-state index contributed by atoms with van der Waals surface area (Å²) in [6.07, 6.45) is -1.69. The van der Waals surface area contributed by atoms with Gasteiger partial charge in [0.15, 0.2) is 6.23 Å². The third kappa shape index (κ3) is 5.44. The SMILES string of the molecule is CCCOP(O)(=S)OC1C(OC)[C@H](n2ccc(=O)[nH]c2=O)O[C@@H]1C1CC1P(=O)(O)OC. The molecule has 1 saturated heterocycles. The standard InChI is InChI=1S/C16H26N2O10P2S/c1-4-7-26-30(23,31)28-13-12(9-8-10(9)29(21,22)25-3)27-15(14(13)24-2)18-6-5-11(19)17-16(18)20/h5-6,9-10,12-15H,4,7-8H2,1-3H3,(H,21,22)(H,23,31)(H,17,19,20)/t9?,10?,12-,13?,14?,15-,30?/m1/s1. The minimum Gasteiger partial charge on any atom is -0.374 e. The Morgan fingerprint density at radius 1 is 1.32 bits per heavy atom. The van der Waals surface area contributed by atoms with Gasteiger partial charge in [-0.15, -0.1) is 0 Å². The quantitative estimate of drug-likeness (QED) is 0.388. The molecule has 1 aromatic heterocycles. The van der Waals surface area contributed by atoms with E-state index >= 15 is 0 Å². The normalized spacial score (nSPS) is 34.2. The number of H-pyrrole nitrogens is 1. The Hall–Kier alpha value is -0.720. The minimum absolute atomic E-state index is 0.175. The maximum Gasteiger partial charge on any atom is 0.331 e. The first kappa shape index (κ1) is 24.9. The highest BCUT2D eigenvalue weighted by Crippen LogP contribution is 2.64. The predicted octanol–water partition coefficient (Wildman–Crippen LogP) is 0.698. The molecule has 0 spiro atoms. The largest absolute Gasteiger partial charge is 0.374 e. The van der Waals surface area contributed by atoms with Gasteiger partial charge in [-0.3, -0.25) is 23.4 Å². The summed E-state index contributed by atoms with van der Waals surface area (Å²) in [6, 6.07) is 1.15. The third-order valence-electron chi connectivity index (χ3n) is 5.24. The van der Waals surface area contributed by atoms with Gasteiger partial charge in [0, 0.05) is 32.4 Å². The summed E-state index contributed by atoms with van der Waals surface area (Å²) in [5.74, 6) is -0.469. The van der Waals surface area contributed by atoms with E-state index in [4.69, 9.17) is 34.9 Å². The zero-order valence-electron chi connectivity index (χ0n) is 17.2. The number of aromatic amines is 1. The fraction of sp³-hybridized carbons (Fsp3) is 0.750. The van der Waals surface area contributed by atoms with Crippen molar-refractivity contribution in [1.82, 2.24) is 9.55 Å². The van der Waals surface area contributed by atoms with Gasteiger partial charge in [0.2, 0.25) is 0 Å². The van der Waals surface area contributed by atoms with Crippen molar-refractivity contribution in [2.45, 2.75) is 50.0 Å². The van der Waals surface area contributed by atoms with Crippen molar-refractivity contribution < 1.29 is 37.4 Å². The highest BCUT2D eigenvalue weighted by molar-refractivity contribution is 8.07. The van der Waals surface area contributed by atoms with Crippen molar-refractivity contribution in [3.05, 3.63) is 33.1 Å². The van der Waals surface area contributed by atoms with Crippen LogP contribution in [0, 0.1) is 5.92 Å². The lowest BCUT2D eigenvalue weighted by Gasteiger charge is -2.27. The van der Waals surface area contributed by atoms with Crippen LogP contribution in [0.5, 0.6) is 0 Å². The summed E-state index contributed by atoms with van der Waals surface area (Å²) in [6.45, 7) is -1.68. The van der Waals surface area contributed by atoms with Crippen molar-refractivity contribution in [3.63, 3.8) is 0 Å². The first-order valence-electron chi connectivity index (χ1n) is 9.58. The van der Waals surface area contributed by atoms with Gasteiger partial charge < -0.3 is 28.3 Å². The summed E-state index contributed by atoms with van der Waals surface area (Å²) in [4.78, 5) is 46.4.